The lowest BCUT2D eigenvalue weighted by Gasteiger charge is -2.04. The standard InChI is InChI=1S/C10H8N4O4S/c1-6-5-9(12-17-6)14-19(15,16)8-4-2-3-7-10(8)13-18-11-7/h2-5H,1H3,(H,12,14). The van der Waals surface area contributed by atoms with Crippen LogP contribution in [0.5, 0.6) is 0 Å². The maximum atomic E-state index is 12.2. The quantitative estimate of drug-likeness (QED) is 0.770. The molecule has 0 unspecified atom stereocenters. The highest BCUT2D eigenvalue weighted by Gasteiger charge is 2.21. The molecule has 1 N–H and O–H groups in total. The van der Waals surface area contributed by atoms with Crippen LogP contribution in [0.1, 0.15) is 5.76 Å². The number of fused-ring (bicyclic) bond motifs is 1. The van der Waals surface area contributed by atoms with E-state index in [2.05, 4.69) is 24.8 Å². The molecule has 1 aromatic carbocycles. The molecule has 0 fully saturated rings. The molecular formula is C10H8N4O4S. The highest BCUT2D eigenvalue weighted by Crippen LogP contribution is 2.22. The molecule has 0 aliphatic carbocycles. The number of hydrogen-bond donors (Lipinski definition) is 1. The van der Waals surface area contributed by atoms with Crippen molar-refractivity contribution in [3.05, 3.63) is 30.0 Å². The van der Waals surface area contributed by atoms with Gasteiger partial charge in [0.05, 0.1) is 0 Å². The summed E-state index contributed by atoms with van der Waals surface area (Å²) in [5.74, 6) is 0.602. The monoisotopic (exact) mass is 280 g/mol. The maximum Gasteiger partial charge on any atom is 0.265 e. The van der Waals surface area contributed by atoms with Crippen LogP contribution in [0.3, 0.4) is 0 Å². The number of sulfonamides is 1. The Balaban J connectivity index is 2.07. The third kappa shape index (κ3) is 2.03. The van der Waals surface area contributed by atoms with Gasteiger partial charge in [0.15, 0.2) is 11.3 Å². The molecule has 9 heteroatoms. The Kier molecular flexibility index (Phi) is 2.49. The van der Waals surface area contributed by atoms with Gasteiger partial charge in [0, 0.05) is 6.07 Å². The number of nitrogens with one attached hydrogen (secondary N) is 1. The smallest absolute Gasteiger partial charge is 0.265 e. The van der Waals surface area contributed by atoms with Crippen molar-refractivity contribution in [2.24, 2.45) is 0 Å². The Hall–Kier alpha value is -2.42. The zero-order valence-corrected chi connectivity index (χ0v) is 10.5. The van der Waals surface area contributed by atoms with Crippen LogP contribution in [-0.2, 0) is 10.0 Å². The first-order valence-electron chi connectivity index (χ1n) is 5.24. The molecule has 0 amide bonds. The molecule has 0 aliphatic heterocycles. The summed E-state index contributed by atoms with van der Waals surface area (Å²) in [6, 6.07) is 6.03. The minimum absolute atomic E-state index is 0.0353. The van der Waals surface area contributed by atoms with Gasteiger partial charge in [-0.05, 0) is 29.4 Å². The molecule has 19 heavy (non-hydrogen) atoms. The summed E-state index contributed by atoms with van der Waals surface area (Å²) < 4.78 is 36.1. The van der Waals surface area contributed by atoms with Crippen molar-refractivity contribution in [1.29, 1.82) is 0 Å². The molecule has 8 nitrogen and oxygen atoms in total. The third-order valence-electron chi connectivity index (χ3n) is 2.41. The minimum Gasteiger partial charge on any atom is -0.360 e. The fourth-order valence-electron chi connectivity index (χ4n) is 1.61. The number of aromatic nitrogens is 3. The molecule has 2 aromatic heterocycles. The maximum absolute atomic E-state index is 12.2. The van der Waals surface area contributed by atoms with E-state index in [-0.39, 0.29) is 16.2 Å². The van der Waals surface area contributed by atoms with E-state index >= 15 is 0 Å². The summed E-state index contributed by atoms with van der Waals surface area (Å²) in [4.78, 5) is -0.0353. The van der Waals surface area contributed by atoms with Gasteiger partial charge in [-0.1, -0.05) is 11.2 Å². The van der Waals surface area contributed by atoms with E-state index in [1.807, 2.05) is 0 Å². The lowest BCUT2D eigenvalue weighted by Crippen LogP contribution is -2.13. The van der Waals surface area contributed by atoms with Crippen LogP contribution >= 0.6 is 0 Å². The second-order valence-corrected chi connectivity index (χ2v) is 5.47. The number of nitrogens with zero attached hydrogens (tertiary/aromatic N) is 3. The van der Waals surface area contributed by atoms with E-state index in [0.717, 1.165) is 0 Å². The second-order valence-electron chi connectivity index (χ2n) is 3.82. The summed E-state index contributed by atoms with van der Waals surface area (Å²) in [5.41, 5.74) is 0.523. The van der Waals surface area contributed by atoms with Crippen molar-refractivity contribution in [2.45, 2.75) is 11.8 Å². The average molecular weight is 280 g/mol. The van der Waals surface area contributed by atoms with Gasteiger partial charge in [-0.3, -0.25) is 4.72 Å². The van der Waals surface area contributed by atoms with E-state index in [0.29, 0.717) is 11.3 Å². The molecule has 3 rings (SSSR count). The van der Waals surface area contributed by atoms with E-state index in [1.165, 1.54) is 12.1 Å². The van der Waals surface area contributed by atoms with Gasteiger partial charge in [-0.2, -0.15) is 0 Å². The highest BCUT2D eigenvalue weighted by molar-refractivity contribution is 7.93. The van der Waals surface area contributed by atoms with E-state index < -0.39 is 10.0 Å². The number of anilines is 1. The third-order valence-corrected chi connectivity index (χ3v) is 3.79. The van der Waals surface area contributed by atoms with Crippen molar-refractivity contribution < 1.29 is 17.6 Å². The molecule has 0 atom stereocenters. The van der Waals surface area contributed by atoms with Crippen LogP contribution in [-0.4, -0.2) is 23.9 Å². The Morgan fingerprint density at radius 2 is 2.05 bits per heavy atom. The van der Waals surface area contributed by atoms with Crippen LogP contribution in [0, 0.1) is 6.92 Å². The molecule has 0 aliphatic rings. The Bertz CT molecular complexity index is 836. The Labute approximate surface area is 107 Å². The normalized spacial score (nSPS) is 11.8. The number of hydrogen-bond acceptors (Lipinski definition) is 7. The van der Waals surface area contributed by atoms with E-state index in [9.17, 15) is 8.42 Å². The summed E-state index contributed by atoms with van der Waals surface area (Å²) in [6.07, 6.45) is 0. The largest absolute Gasteiger partial charge is 0.360 e. The number of rotatable bonds is 3. The zero-order chi connectivity index (χ0) is 13.5. The highest BCUT2D eigenvalue weighted by atomic mass is 32.2. The summed E-state index contributed by atoms with van der Waals surface area (Å²) in [5, 5.41) is 10.7. The molecule has 0 spiro atoms. The first-order chi connectivity index (χ1) is 9.06. The van der Waals surface area contributed by atoms with Crippen molar-refractivity contribution >= 4 is 26.9 Å². The molecular weight excluding hydrogens is 272 g/mol. The lowest BCUT2D eigenvalue weighted by atomic mass is 10.3. The topological polar surface area (TPSA) is 111 Å². The first kappa shape index (κ1) is 11.7. The molecule has 3 aromatic rings. The van der Waals surface area contributed by atoms with Gasteiger partial charge in [0.1, 0.15) is 16.2 Å². The van der Waals surface area contributed by atoms with Crippen molar-refractivity contribution in [3.63, 3.8) is 0 Å². The molecule has 0 radical (unpaired) electrons. The molecule has 0 bridgehead atoms. The van der Waals surface area contributed by atoms with Crippen LogP contribution in [0.2, 0.25) is 0 Å². The Morgan fingerprint density at radius 1 is 1.21 bits per heavy atom. The zero-order valence-electron chi connectivity index (χ0n) is 9.69. The van der Waals surface area contributed by atoms with Gasteiger partial charge >= 0.3 is 0 Å². The first-order valence-corrected chi connectivity index (χ1v) is 6.72. The van der Waals surface area contributed by atoms with Gasteiger partial charge < -0.3 is 4.52 Å². The lowest BCUT2D eigenvalue weighted by molar-refractivity contribution is 0.315. The second kappa shape index (κ2) is 4.05. The number of aryl methyl sites for hydroxylation is 1. The van der Waals surface area contributed by atoms with Crippen LogP contribution < -0.4 is 4.72 Å². The predicted octanol–water partition coefficient (Wildman–Crippen LogP) is 1.32. The minimum atomic E-state index is -3.83. The molecule has 2 heterocycles. The summed E-state index contributed by atoms with van der Waals surface area (Å²) >= 11 is 0. The van der Waals surface area contributed by atoms with Gasteiger partial charge in [0.2, 0.25) is 0 Å². The van der Waals surface area contributed by atoms with Gasteiger partial charge in [-0.25, -0.2) is 13.0 Å². The summed E-state index contributed by atoms with van der Waals surface area (Å²) in [6.45, 7) is 1.66. The fourth-order valence-corrected chi connectivity index (χ4v) is 2.74. The van der Waals surface area contributed by atoms with Crippen LogP contribution in [0.4, 0.5) is 5.82 Å². The van der Waals surface area contributed by atoms with Crippen molar-refractivity contribution in [2.75, 3.05) is 4.72 Å². The number of benzene rings is 1. The summed E-state index contributed by atoms with van der Waals surface area (Å²) in [7, 11) is -3.83. The Morgan fingerprint density at radius 3 is 2.79 bits per heavy atom. The van der Waals surface area contributed by atoms with E-state index in [4.69, 9.17) is 4.52 Å². The molecule has 0 saturated carbocycles. The van der Waals surface area contributed by atoms with Crippen LogP contribution in [0.15, 0.2) is 38.3 Å². The molecule has 98 valence electrons. The molecule has 0 saturated heterocycles. The van der Waals surface area contributed by atoms with E-state index in [1.54, 1.807) is 19.1 Å². The van der Waals surface area contributed by atoms with Crippen molar-refractivity contribution in [3.8, 4) is 0 Å². The van der Waals surface area contributed by atoms with Crippen LogP contribution in [0.25, 0.3) is 11.0 Å². The SMILES string of the molecule is Cc1cc(NS(=O)(=O)c2cccc3nonc23)no1. The van der Waals surface area contributed by atoms with Crippen molar-refractivity contribution in [1.82, 2.24) is 15.5 Å². The average Bonchev–Trinajstić information content (AvgIpc) is 2.96. The predicted molar refractivity (Wildman–Crippen MR) is 63.9 cm³/mol. The van der Waals surface area contributed by atoms with Gasteiger partial charge in [0.25, 0.3) is 10.0 Å². The van der Waals surface area contributed by atoms with Gasteiger partial charge in [-0.15, -0.1) is 0 Å². The fraction of sp³-hybridized carbons (Fsp3) is 0.100.